The van der Waals surface area contributed by atoms with Crippen molar-refractivity contribution in [3.05, 3.63) is 59.4 Å². The van der Waals surface area contributed by atoms with E-state index in [1.165, 1.54) is 6.92 Å². The van der Waals surface area contributed by atoms with Crippen molar-refractivity contribution in [1.82, 2.24) is 20.6 Å². The van der Waals surface area contributed by atoms with Crippen molar-refractivity contribution >= 4 is 22.6 Å². The molecule has 0 aliphatic rings. The summed E-state index contributed by atoms with van der Waals surface area (Å²) >= 11 is 0. The van der Waals surface area contributed by atoms with E-state index < -0.39 is 0 Å². The highest BCUT2D eigenvalue weighted by molar-refractivity contribution is 5.82. The molecule has 1 aromatic heterocycles. The lowest BCUT2D eigenvalue weighted by atomic mass is 10.1. The van der Waals surface area contributed by atoms with Gasteiger partial charge >= 0.3 is 0 Å². The van der Waals surface area contributed by atoms with Crippen LogP contribution in [0.3, 0.4) is 0 Å². The van der Waals surface area contributed by atoms with Crippen LogP contribution >= 0.6 is 0 Å². The predicted octanol–water partition coefficient (Wildman–Crippen LogP) is 3.01. The number of fused-ring (bicyclic) bond motifs is 1. The lowest BCUT2D eigenvalue weighted by Gasteiger charge is -2.06. The largest absolute Gasteiger partial charge is 0.355 e. The van der Waals surface area contributed by atoms with E-state index in [2.05, 4.69) is 37.6 Å². The first-order valence-electron chi connectivity index (χ1n) is 8.07. The molecule has 0 spiro atoms. The van der Waals surface area contributed by atoms with E-state index in [9.17, 15) is 4.79 Å². The molecule has 1 amide bonds. The topological polar surface area (TPSA) is 74.2 Å². The third-order valence-corrected chi connectivity index (χ3v) is 3.80. The number of carbonyl (C=O) groups excluding carboxylic acids is 1. The Bertz CT molecular complexity index is 938. The second kappa shape index (κ2) is 7.60. The smallest absolute Gasteiger partial charge is 0.216 e. The van der Waals surface area contributed by atoms with Crippen LogP contribution in [0.2, 0.25) is 0 Å². The zero-order valence-corrected chi connectivity index (χ0v) is 14.0. The number of aromatic amines is 1. The van der Waals surface area contributed by atoms with Crippen molar-refractivity contribution in [3.8, 4) is 11.4 Å². The van der Waals surface area contributed by atoms with E-state index in [1.807, 2.05) is 24.3 Å². The fourth-order valence-electron chi connectivity index (χ4n) is 2.59. The highest BCUT2D eigenvalue weighted by atomic mass is 16.1. The number of benzene rings is 2. The third-order valence-electron chi connectivity index (χ3n) is 3.80. The van der Waals surface area contributed by atoms with Gasteiger partial charge in [-0.1, -0.05) is 24.3 Å². The molecule has 6 heteroatoms. The molecule has 0 bridgehead atoms. The van der Waals surface area contributed by atoms with Crippen LogP contribution in [-0.4, -0.2) is 29.0 Å². The summed E-state index contributed by atoms with van der Waals surface area (Å²) in [6.07, 6.45) is 0. The van der Waals surface area contributed by atoms with Crippen LogP contribution in [-0.2, 0) is 11.3 Å². The van der Waals surface area contributed by atoms with E-state index in [0.717, 1.165) is 34.5 Å². The van der Waals surface area contributed by atoms with Crippen LogP contribution in [0.1, 0.15) is 12.5 Å². The summed E-state index contributed by atoms with van der Waals surface area (Å²) < 4.78 is 0. The molecule has 1 heterocycles. The van der Waals surface area contributed by atoms with Gasteiger partial charge in [-0.2, -0.15) is 0 Å². The van der Waals surface area contributed by atoms with Gasteiger partial charge in [-0.3, -0.25) is 4.79 Å². The number of aromatic nitrogens is 2. The minimum Gasteiger partial charge on any atom is -0.355 e. The maximum atomic E-state index is 10.8. The van der Waals surface area contributed by atoms with Crippen LogP contribution < -0.4 is 10.6 Å². The highest BCUT2D eigenvalue weighted by Gasteiger charge is 2.06. The molecule has 0 aliphatic heterocycles. The van der Waals surface area contributed by atoms with Gasteiger partial charge in [0, 0.05) is 32.1 Å². The molecule has 2 aromatic carbocycles. The van der Waals surface area contributed by atoms with Gasteiger partial charge in [-0.05, 0) is 23.8 Å². The van der Waals surface area contributed by atoms with E-state index in [4.69, 9.17) is 6.57 Å². The van der Waals surface area contributed by atoms with E-state index >= 15 is 0 Å². The van der Waals surface area contributed by atoms with Crippen LogP contribution in [0.5, 0.6) is 0 Å². The number of nitrogens with one attached hydrogen (secondary N) is 3. The van der Waals surface area contributed by atoms with E-state index in [0.29, 0.717) is 18.8 Å². The Hall–Kier alpha value is -3.17. The van der Waals surface area contributed by atoms with Gasteiger partial charge in [0.25, 0.3) is 0 Å². The van der Waals surface area contributed by atoms with Crippen molar-refractivity contribution in [2.45, 2.75) is 13.5 Å². The summed E-state index contributed by atoms with van der Waals surface area (Å²) in [5, 5.41) is 6.05. The second-order valence-corrected chi connectivity index (χ2v) is 5.76. The van der Waals surface area contributed by atoms with Gasteiger partial charge in [0.15, 0.2) is 5.69 Å². The predicted molar refractivity (Wildman–Crippen MR) is 98.2 cm³/mol. The number of nitrogens with zero attached hydrogens (tertiary/aromatic N) is 2. The number of carbonyl (C=O) groups is 1. The van der Waals surface area contributed by atoms with Gasteiger partial charge in [0.2, 0.25) is 5.91 Å². The lowest BCUT2D eigenvalue weighted by molar-refractivity contribution is -0.118. The van der Waals surface area contributed by atoms with Crippen molar-refractivity contribution in [1.29, 1.82) is 0 Å². The minimum absolute atomic E-state index is 0.0185. The molecule has 0 saturated carbocycles. The summed E-state index contributed by atoms with van der Waals surface area (Å²) in [6, 6.07) is 13.6. The number of hydrogen-bond donors (Lipinski definition) is 3. The Morgan fingerprint density at radius 2 is 2.12 bits per heavy atom. The molecule has 0 aliphatic carbocycles. The lowest BCUT2D eigenvalue weighted by Crippen LogP contribution is -2.29. The molecule has 3 N–H and O–H groups in total. The molecule has 25 heavy (non-hydrogen) atoms. The average Bonchev–Trinajstić information content (AvgIpc) is 3.04. The summed E-state index contributed by atoms with van der Waals surface area (Å²) in [6.45, 7) is 10.7. The quantitative estimate of drug-likeness (QED) is 0.479. The number of hydrogen-bond acceptors (Lipinski definition) is 3. The monoisotopic (exact) mass is 333 g/mol. The maximum absolute atomic E-state index is 10.8. The second-order valence-electron chi connectivity index (χ2n) is 5.76. The van der Waals surface area contributed by atoms with E-state index in [-0.39, 0.29) is 5.91 Å². The normalized spacial score (nSPS) is 10.6. The van der Waals surface area contributed by atoms with Crippen molar-refractivity contribution < 1.29 is 4.79 Å². The molecule has 0 unspecified atom stereocenters. The van der Waals surface area contributed by atoms with Crippen LogP contribution in [0, 0.1) is 6.57 Å². The van der Waals surface area contributed by atoms with Gasteiger partial charge in [-0.25, -0.2) is 9.83 Å². The van der Waals surface area contributed by atoms with Gasteiger partial charge in [-0.15, -0.1) is 0 Å². The Morgan fingerprint density at radius 3 is 2.92 bits per heavy atom. The molecule has 6 nitrogen and oxygen atoms in total. The SMILES string of the molecule is [C-]#[N+]c1ccc2nc(-c3cccc(CNCCNC(C)=O)c3)[nH]c2c1. The van der Waals surface area contributed by atoms with Crippen LogP contribution in [0.25, 0.3) is 27.3 Å². The van der Waals surface area contributed by atoms with Crippen LogP contribution in [0.4, 0.5) is 5.69 Å². The number of amides is 1. The first-order valence-corrected chi connectivity index (χ1v) is 8.07. The van der Waals surface area contributed by atoms with Crippen molar-refractivity contribution in [3.63, 3.8) is 0 Å². The molecule has 0 radical (unpaired) electrons. The molecule has 0 atom stereocenters. The molecule has 126 valence electrons. The molecule has 3 aromatic rings. The van der Waals surface area contributed by atoms with Gasteiger partial charge < -0.3 is 15.6 Å². The number of rotatable bonds is 6. The minimum atomic E-state index is -0.0185. The highest BCUT2D eigenvalue weighted by Crippen LogP contribution is 2.24. The van der Waals surface area contributed by atoms with Crippen LogP contribution in [0.15, 0.2) is 42.5 Å². The first-order chi connectivity index (χ1) is 12.2. The van der Waals surface area contributed by atoms with Gasteiger partial charge in [0.1, 0.15) is 5.82 Å². The first kappa shape index (κ1) is 16.7. The zero-order valence-electron chi connectivity index (χ0n) is 14.0. The van der Waals surface area contributed by atoms with Crippen molar-refractivity contribution in [2.75, 3.05) is 13.1 Å². The molecule has 0 saturated heterocycles. The summed E-state index contributed by atoms with van der Waals surface area (Å²) in [5.41, 5.74) is 4.45. The molecular weight excluding hydrogens is 314 g/mol. The average molecular weight is 333 g/mol. The Labute approximate surface area is 146 Å². The summed E-state index contributed by atoms with van der Waals surface area (Å²) in [5.74, 6) is 0.771. The Morgan fingerprint density at radius 1 is 1.24 bits per heavy atom. The molecule has 0 fully saturated rings. The number of imidazole rings is 1. The van der Waals surface area contributed by atoms with Crippen molar-refractivity contribution in [2.24, 2.45) is 0 Å². The molecule has 3 rings (SSSR count). The van der Waals surface area contributed by atoms with Gasteiger partial charge in [0.05, 0.1) is 17.6 Å². The third kappa shape index (κ3) is 4.22. The maximum Gasteiger partial charge on any atom is 0.216 e. The number of H-pyrrole nitrogens is 1. The Balaban J connectivity index is 1.71. The summed E-state index contributed by atoms with van der Waals surface area (Å²) in [7, 11) is 0. The Kier molecular flexibility index (Phi) is 5.07. The zero-order chi connectivity index (χ0) is 17.6. The van der Waals surface area contributed by atoms with E-state index in [1.54, 1.807) is 6.07 Å². The summed E-state index contributed by atoms with van der Waals surface area (Å²) in [4.78, 5) is 22.2. The standard InChI is InChI=1S/C19H19N5O/c1-13(25)22-9-8-21-12-14-4-3-5-15(10-14)19-23-17-7-6-16(20-2)11-18(17)24-19/h3-7,10-11,21H,8-9,12H2,1H3,(H,22,25)(H,23,24). The fraction of sp³-hybridized carbons (Fsp3) is 0.211. The fourth-order valence-corrected chi connectivity index (χ4v) is 2.59. The molecular formula is C19H19N5O.